The summed E-state index contributed by atoms with van der Waals surface area (Å²) in [5.74, 6) is 0.577. The molecule has 112 valence electrons. The number of anilines is 1. The van der Waals surface area contributed by atoms with Crippen molar-refractivity contribution in [2.75, 3.05) is 5.32 Å². The monoisotopic (exact) mass is 295 g/mol. The summed E-state index contributed by atoms with van der Waals surface area (Å²) in [7, 11) is 0. The molecule has 0 aliphatic heterocycles. The third-order valence-corrected chi connectivity index (χ3v) is 3.62. The van der Waals surface area contributed by atoms with Gasteiger partial charge in [0.1, 0.15) is 5.82 Å². The molecule has 1 fully saturated rings. The molecule has 1 aromatic heterocycles. The highest BCUT2D eigenvalue weighted by molar-refractivity contribution is 5.31. The van der Waals surface area contributed by atoms with E-state index >= 15 is 0 Å². The van der Waals surface area contributed by atoms with Gasteiger partial charge in [0.15, 0.2) is 0 Å². The van der Waals surface area contributed by atoms with E-state index < -0.39 is 17.8 Å². The molecular formula is C15H16F3N3. The lowest BCUT2D eigenvalue weighted by Gasteiger charge is -2.10. The second-order valence-electron chi connectivity index (χ2n) is 5.36. The third-order valence-electron chi connectivity index (χ3n) is 3.62. The lowest BCUT2D eigenvalue weighted by molar-refractivity contribution is 0.146. The maximum Gasteiger partial charge on any atom is 0.266 e. The van der Waals surface area contributed by atoms with E-state index in [0.29, 0.717) is 12.1 Å². The zero-order valence-electron chi connectivity index (χ0n) is 11.4. The van der Waals surface area contributed by atoms with Crippen LogP contribution in [0.5, 0.6) is 0 Å². The van der Waals surface area contributed by atoms with Gasteiger partial charge in [0, 0.05) is 25.5 Å². The highest BCUT2D eigenvalue weighted by Gasteiger charge is 2.22. The lowest BCUT2D eigenvalue weighted by Crippen LogP contribution is -2.08. The first-order valence-electron chi connectivity index (χ1n) is 6.95. The topological polar surface area (TPSA) is 29.9 Å². The minimum absolute atomic E-state index is 0.349. The van der Waals surface area contributed by atoms with Crippen molar-refractivity contribution < 1.29 is 13.2 Å². The average Bonchev–Trinajstić information content (AvgIpc) is 3.14. The second-order valence-corrected chi connectivity index (χ2v) is 5.36. The number of hydrogen-bond acceptors (Lipinski definition) is 2. The molecule has 1 heterocycles. The Bertz CT molecular complexity index is 620. The minimum atomic E-state index is -2.79. The van der Waals surface area contributed by atoms with Crippen LogP contribution < -0.4 is 5.32 Å². The fourth-order valence-corrected chi connectivity index (χ4v) is 2.24. The van der Waals surface area contributed by atoms with Crippen molar-refractivity contribution in [3.63, 3.8) is 0 Å². The van der Waals surface area contributed by atoms with Gasteiger partial charge in [-0.2, -0.15) is 0 Å². The minimum Gasteiger partial charge on any atom is -0.352 e. The number of halogens is 3. The van der Waals surface area contributed by atoms with Crippen LogP contribution in [0.1, 0.15) is 30.4 Å². The van der Waals surface area contributed by atoms with Crippen molar-refractivity contribution in [2.24, 2.45) is 5.92 Å². The zero-order chi connectivity index (χ0) is 14.8. The summed E-state index contributed by atoms with van der Waals surface area (Å²) in [5.41, 5.74) is 0.0480. The molecule has 0 saturated heterocycles. The van der Waals surface area contributed by atoms with Gasteiger partial charge in [-0.3, -0.25) is 0 Å². The first kappa shape index (κ1) is 14.0. The van der Waals surface area contributed by atoms with Crippen LogP contribution in [0.4, 0.5) is 19.1 Å². The largest absolute Gasteiger partial charge is 0.352 e. The van der Waals surface area contributed by atoms with Crippen molar-refractivity contribution in [1.82, 2.24) is 9.55 Å². The Hall–Kier alpha value is -1.98. The molecule has 0 spiro atoms. The molecule has 0 atom stereocenters. The number of rotatable bonds is 6. The van der Waals surface area contributed by atoms with E-state index in [-0.39, 0.29) is 0 Å². The number of alkyl halides is 2. The molecule has 1 aromatic carbocycles. The Morgan fingerprint density at radius 2 is 2.14 bits per heavy atom. The first-order chi connectivity index (χ1) is 10.1. The molecule has 1 aliphatic rings. The van der Waals surface area contributed by atoms with E-state index in [2.05, 4.69) is 10.3 Å². The average molecular weight is 295 g/mol. The predicted octanol–water partition coefficient (Wildman–Crippen LogP) is 3.98. The van der Waals surface area contributed by atoms with Crippen LogP contribution in [0.25, 0.3) is 0 Å². The fourth-order valence-electron chi connectivity index (χ4n) is 2.24. The van der Waals surface area contributed by atoms with E-state index in [4.69, 9.17) is 0 Å². The molecule has 1 N–H and O–H groups in total. The summed E-state index contributed by atoms with van der Waals surface area (Å²) in [5, 5.41) is 3.12. The number of hydrogen-bond donors (Lipinski definition) is 1. The molecule has 1 aliphatic carbocycles. The van der Waals surface area contributed by atoms with Crippen LogP contribution in [-0.2, 0) is 13.1 Å². The molecule has 0 radical (unpaired) electrons. The van der Waals surface area contributed by atoms with E-state index in [1.165, 1.54) is 18.9 Å². The van der Waals surface area contributed by atoms with Crippen molar-refractivity contribution in [3.8, 4) is 0 Å². The van der Waals surface area contributed by atoms with Crippen molar-refractivity contribution in [1.29, 1.82) is 0 Å². The number of imidazole rings is 1. The van der Waals surface area contributed by atoms with E-state index in [1.807, 2.05) is 10.8 Å². The van der Waals surface area contributed by atoms with Gasteiger partial charge in [0.2, 0.25) is 5.95 Å². The number of aromatic nitrogens is 2. The molecule has 21 heavy (non-hydrogen) atoms. The van der Waals surface area contributed by atoms with Crippen LogP contribution in [0.2, 0.25) is 0 Å². The lowest BCUT2D eigenvalue weighted by atomic mass is 10.1. The first-order valence-corrected chi connectivity index (χ1v) is 6.95. The Morgan fingerprint density at radius 3 is 2.81 bits per heavy atom. The molecule has 0 amide bonds. The molecule has 0 bridgehead atoms. The van der Waals surface area contributed by atoms with E-state index in [1.54, 1.807) is 6.20 Å². The molecular weight excluding hydrogens is 279 g/mol. The van der Waals surface area contributed by atoms with E-state index in [0.717, 1.165) is 30.5 Å². The van der Waals surface area contributed by atoms with Crippen molar-refractivity contribution >= 4 is 5.95 Å². The fraction of sp³-hybridized carbons (Fsp3) is 0.400. The van der Waals surface area contributed by atoms with Crippen molar-refractivity contribution in [2.45, 2.75) is 32.4 Å². The van der Waals surface area contributed by atoms with Crippen LogP contribution in [0.3, 0.4) is 0 Å². The molecule has 2 aromatic rings. The van der Waals surface area contributed by atoms with Crippen LogP contribution >= 0.6 is 0 Å². The Balaban J connectivity index is 1.64. The van der Waals surface area contributed by atoms with Crippen LogP contribution in [0, 0.1) is 11.7 Å². The molecule has 3 nitrogen and oxygen atoms in total. The standard InChI is InChI=1S/C15H16F3N3/c16-13-7-11(3-4-12(13)14(17)18)8-20-15-19-5-6-21(15)9-10-1-2-10/h3-7,10,14H,1-2,8-9H2,(H,19,20). The normalized spacial score (nSPS) is 14.7. The summed E-state index contributed by atoms with van der Waals surface area (Å²) in [6.45, 7) is 1.28. The Morgan fingerprint density at radius 1 is 1.33 bits per heavy atom. The highest BCUT2D eigenvalue weighted by Crippen LogP contribution is 2.31. The summed E-state index contributed by atoms with van der Waals surface area (Å²) in [6.07, 6.45) is 3.33. The van der Waals surface area contributed by atoms with Gasteiger partial charge in [-0.25, -0.2) is 18.2 Å². The van der Waals surface area contributed by atoms with Crippen LogP contribution in [-0.4, -0.2) is 9.55 Å². The number of nitrogens with one attached hydrogen (secondary N) is 1. The van der Waals surface area contributed by atoms with Gasteiger partial charge in [-0.1, -0.05) is 12.1 Å². The van der Waals surface area contributed by atoms with Crippen molar-refractivity contribution in [3.05, 3.63) is 47.5 Å². The molecule has 6 heteroatoms. The summed E-state index contributed by atoms with van der Waals surface area (Å²) in [6, 6.07) is 3.78. The number of benzene rings is 1. The predicted molar refractivity (Wildman–Crippen MR) is 73.6 cm³/mol. The third kappa shape index (κ3) is 3.37. The maximum absolute atomic E-state index is 13.5. The Kier molecular flexibility index (Phi) is 3.86. The van der Waals surface area contributed by atoms with E-state index in [9.17, 15) is 13.2 Å². The Labute approximate surface area is 120 Å². The number of nitrogens with zero attached hydrogens (tertiary/aromatic N) is 2. The highest BCUT2D eigenvalue weighted by atomic mass is 19.3. The quantitative estimate of drug-likeness (QED) is 0.873. The van der Waals surface area contributed by atoms with Gasteiger partial charge >= 0.3 is 0 Å². The molecule has 0 unspecified atom stereocenters. The van der Waals surface area contributed by atoms with Gasteiger partial charge < -0.3 is 9.88 Å². The van der Waals surface area contributed by atoms with Gasteiger partial charge in [0.25, 0.3) is 6.43 Å². The maximum atomic E-state index is 13.5. The van der Waals surface area contributed by atoms with Crippen LogP contribution in [0.15, 0.2) is 30.6 Å². The summed E-state index contributed by atoms with van der Waals surface area (Å²) in [4.78, 5) is 4.22. The van der Waals surface area contributed by atoms with Gasteiger partial charge in [-0.15, -0.1) is 0 Å². The SMILES string of the molecule is Fc1cc(CNc2nccn2CC2CC2)ccc1C(F)F. The van der Waals surface area contributed by atoms with Gasteiger partial charge in [-0.05, 0) is 30.4 Å². The van der Waals surface area contributed by atoms with Gasteiger partial charge in [0.05, 0.1) is 5.56 Å². The zero-order valence-corrected chi connectivity index (χ0v) is 11.4. The smallest absolute Gasteiger partial charge is 0.266 e. The second kappa shape index (κ2) is 5.79. The summed E-state index contributed by atoms with van der Waals surface area (Å²) >= 11 is 0. The summed E-state index contributed by atoms with van der Waals surface area (Å²) < 4.78 is 40.5. The molecule has 1 saturated carbocycles. The molecule has 3 rings (SSSR count).